The lowest BCUT2D eigenvalue weighted by molar-refractivity contribution is -0.118. The van der Waals surface area contributed by atoms with Crippen molar-refractivity contribution in [3.8, 4) is 11.8 Å². The molecular formula is C13H14N2O3. The highest BCUT2D eigenvalue weighted by molar-refractivity contribution is 5.89. The fraction of sp³-hybridized carbons (Fsp3) is 0.231. The molecule has 0 atom stereocenters. The lowest BCUT2D eigenvalue weighted by atomic mass is 10.1. The van der Waals surface area contributed by atoms with E-state index in [2.05, 4.69) is 17.2 Å². The van der Waals surface area contributed by atoms with E-state index in [4.69, 9.17) is 10.8 Å². The Morgan fingerprint density at radius 1 is 1.44 bits per heavy atom. The predicted octanol–water partition coefficient (Wildman–Crippen LogP) is 0.845. The first kappa shape index (κ1) is 13.6. The van der Waals surface area contributed by atoms with Crippen molar-refractivity contribution >= 4 is 17.6 Å². The molecule has 0 spiro atoms. The van der Waals surface area contributed by atoms with E-state index >= 15 is 0 Å². The van der Waals surface area contributed by atoms with Gasteiger partial charge in [-0.05, 0) is 18.2 Å². The Bertz CT molecular complexity index is 527. The normalized spacial score (nSPS) is 9.17. The Morgan fingerprint density at radius 3 is 2.72 bits per heavy atom. The third-order valence-electron chi connectivity index (χ3n) is 2.15. The number of hydrogen-bond donors (Lipinski definition) is 3. The molecule has 5 nitrogen and oxygen atoms in total. The molecular weight excluding hydrogens is 232 g/mol. The van der Waals surface area contributed by atoms with Gasteiger partial charge >= 0.3 is 5.97 Å². The van der Waals surface area contributed by atoms with Gasteiger partial charge in [0.15, 0.2) is 0 Å². The van der Waals surface area contributed by atoms with Gasteiger partial charge in [0.25, 0.3) is 0 Å². The highest BCUT2D eigenvalue weighted by Crippen LogP contribution is 2.13. The SMILES string of the molecule is CC(=O)NCCC#Cc1ccc(C(=O)O)cc1N. The minimum atomic E-state index is -1.02. The van der Waals surface area contributed by atoms with Gasteiger partial charge in [0, 0.05) is 31.1 Å². The number of rotatable bonds is 3. The van der Waals surface area contributed by atoms with E-state index in [9.17, 15) is 9.59 Å². The van der Waals surface area contributed by atoms with E-state index in [0.717, 1.165) is 0 Å². The highest BCUT2D eigenvalue weighted by Gasteiger charge is 2.04. The molecule has 18 heavy (non-hydrogen) atoms. The molecule has 0 aliphatic carbocycles. The van der Waals surface area contributed by atoms with Crippen LogP contribution in [0, 0.1) is 11.8 Å². The largest absolute Gasteiger partial charge is 0.478 e. The molecule has 4 N–H and O–H groups in total. The van der Waals surface area contributed by atoms with Crippen molar-refractivity contribution in [1.82, 2.24) is 5.32 Å². The van der Waals surface area contributed by atoms with Gasteiger partial charge in [-0.2, -0.15) is 0 Å². The fourth-order valence-electron chi connectivity index (χ4n) is 1.27. The molecule has 0 fully saturated rings. The van der Waals surface area contributed by atoms with Crippen LogP contribution in [0.2, 0.25) is 0 Å². The van der Waals surface area contributed by atoms with Crippen molar-refractivity contribution in [3.63, 3.8) is 0 Å². The van der Waals surface area contributed by atoms with Crippen LogP contribution in [0.15, 0.2) is 18.2 Å². The number of nitrogen functional groups attached to an aromatic ring is 1. The molecule has 0 aliphatic rings. The molecule has 0 aromatic heterocycles. The Morgan fingerprint density at radius 2 is 2.17 bits per heavy atom. The number of benzene rings is 1. The van der Waals surface area contributed by atoms with Crippen LogP contribution in [0.5, 0.6) is 0 Å². The third-order valence-corrected chi connectivity index (χ3v) is 2.15. The summed E-state index contributed by atoms with van der Waals surface area (Å²) in [6, 6.07) is 4.40. The average molecular weight is 246 g/mol. The van der Waals surface area contributed by atoms with Crippen molar-refractivity contribution in [1.29, 1.82) is 0 Å². The smallest absolute Gasteiger partial charge is 0.335 e. The molecule has 0 bridgehead atoms. The molecule has 0 aliphatic heterocycles. The van der Waals surface area contributed by atoms with E-state index in [-0.39, 0.29) is 11.5 Å². The quantitative estimate of drug-likeness (QED) is 0.418. The minimum absolute atomic E-state index is 0.0953. The van der Waals surface area contributed by atoms with Gasteiger partial charge < -0.3 is 16.2 Å². The molecule has 1 amide bonds. The van der Waals surface area contributed by atoms with Gasteiger partial charge in [-0.15, -0.1) is 0 Å². The van der Waals surface area contributed by atoms with Gasteiger partial charge in [-0.25, -0.2) is 4.79 Å². The standard InChI is InChI=1S/C13H14N2O3/c1-9(16)15-7-3-2-4-10-5-6-11(13(17)18)8-12(10)14/h5-6,8H,3,7,14H2,1H3,(H,15,16)(H,17,18). The van der Waals surface area contributed by atoms with E-state index in [1.54, 1.807) is 6.07 Å². The van der Waals surface area contributed by atoms with Crippen molar-refractivity contribution in [2.45, 2.75) is 13.3 Å². The minimum Gasteiger partial charge on any atom is -0.478 e. The van der Waals surface area contributed by atoms with Gasteiger partial charge in [-0.1, -0.05) is 11.8 Å². The van der Waals surface area contributed by atoms with Gasteiger partial charge in [0.2, 0.25) is 5.91 Å². The highest BCUT2D eigenvalue weighted by atomic mass is 16.4. The van der Waals surface area contributed by atoms with Crippen molar-refractivity contribution in [3.05, 3.63) is 29.3 Å². The first-order chi connectivity index (χ1) is 8.50. The molecule has 0 saturated heterocycles. The Hall–Kier alpha value is -2.48. The maximum atomic E-state index is 10.7. The molecule has 1 rings (SSSR count). The number of nitrogens with one attached hydrogen (secondary N) is 1. The van der Waals surface area contributed by atoms with Gasteiger partial charge in [-0.3, -0.25) is 4.79 Å². The second-order valence-corrected chi connectivity index (χ2v) is 3.64. The number of carbonyl (C=O) groups excluding carboxylic acids is 1. The molecule has 0 radical (unpaired) electrons. The lowest BCUT2D eigenvalue weighted by Gasteiger charge is -2.00. The van der Waals surface area contributed by atoms with E-state index < -0.39 is 5.97 Å². The molecule has 1 aromatic rings. The first-order valence-electron chi connectivity index (χ1n) is 5.37. The number of aromatic carboxylic acids is 1. The second-order valence-electron chi connectivity index (χ2n) is 3.64. The summed E-state index contributed by atoms with van der Waals surface area (Å²) in [5, 5.41) is 11.4. The monoisotopic (exact) mass is 246 g/mol. The molecule has 1 aromatic carbocycles. The van der Waals surface area contributed by atoms with Crippen LogP contribution in [0.25, 0.3) is 0 Å². The average Bonchev–Trinajstić information content (AvgIpc) is 2.29. The topological polar surface area (TPSA) is 92.4 Å². The fourth-order valence-corrected chi connectivity index (χ4v) is 1.27. The summed E-state index contributed by atoms with van der Waals surface area (Å²) in [5.41, 5.74) is 6.74. The van der Waals surface area contributed by atoms with Crippen molar-refractivity contribution in [2.24, 2.45) is 0 Å². The Balaban J connectivity index is 2.65. The Labute approximate surface area is 105 Å². The Kier molecular flexibility index (Phi) is 4.76. The maximum Gasteiger partial charge on any atom is 0.335 e. The van der Waals surface area contributed by atoms with Crippen LogP contribution in [-0.4, -0.2) is 23.5 Å². The summed E-state index contributed by atoms with van der Waals surface area (Å²) < 4.78 is 0. The summed E-state index contributed by atoms with van der Waals surface area (Å²) in [6.45, 7) is 1.92. The molecule has 0 saturated carbocycles. The van der Waals surface area contributed by atoms with Crippen LogP contribution in [0.3, 0.4) is 0 Å². The number of nitrogens with two attached hydrogens (primary N) is 1. The predicted molar refractivity (Wildman–Crippen MR) is 68.0 cm³/mol. The van der Waals surface area contributed by atoms with Crippen LogP contribution in [0.4, 0.5) is 5.69 Å². The summed E-state index contributed by atoms with van der Waals surface area (Å²) in [5.74, 6) is 4.57. The van der Waals surface area contributed by atoms with E-state index in [1.807, 2.05) is 0 Å². The van der Waals surface area contributed by atoms with Crippen molar-refractivity contribution in [2.75, 3.05) is 12.3 Å². The number of carbonyl (C=O) groups is 2. The van der Waals surface area contributed by atoms with Crippen molar-refractivity contribution < 1.29 is 14.7 Å². The zero-order chi connectivity index (χ0) is 13.5. The zero-order valence-electron chi connectivity index (χ0n) is 9.99. The van der Waals surface area contributed by atoms with Crippen LogP contribution < -0.4 is 11.1 Å². The van der Waals surface area contributed by atoms with Gasteiger partial charge in [0.05, 0.1) is 5.56 Å². The number of carboxylic acids is 1. The molecule has 0 heterocycles. The van der Waals surface area contributed by atoms with Crippen LogP contribution in [0.1, 0.15) is 29.3 Å². The van der Waals surface area contributed by atoms with Crippen LogP contribution in [-0.2, 0) is 4.79 Å². The third kappa shape index (κ3) is 4.18. The molecule has 0 unspecified atom stereocenters. The second kappa shape index (κ2) is 6.30. The molecule has 5 heteroatoms. The lowest BCUT2D eigenvalue weighted by Crippen LogP contribution is -2.20. The van der Waals surface area contributed by atoms with Gasteiger partial charge in [0.1, 0.15) is 0 Å². The summed E-state index contributed by atoms with van der Waals surface area (Å²) in [7, 11) is 0. The summed E-state index contributed by atoms with van der Waals surface area (Å²) in [6.07, 6.45) is 0.514. The number of carboxylic acid groups (broad SMARTS) is 1. The summed E-state index contributed by atoms with van der Waals surface area (Å²) in [4.78, 5) is 21.3. The maximum absolute atomic E-state index is 10.7. The summed E-state index contributed by atoms with van der Waals surface area (Å²) >= 11 is 0. The first-order valence-corrected chi connectivity index (χ1v) is 5.37. The van der Waals surface area contributed by atoms with E-state index in [0.29, 0.717) is 24.2 Å². The number of hydrogen-bond acceptors (Lipinski definition) is 3. The molecule has 94 valence electrons. The van der Waals surface area contributed by atoms with E-state index in [1.165, 1.54) is 19.1 Å². The zero-order valence-corrected chi connectivity index (χ0v) is 9.99. The van der Waals surface area contributed by atoms with Crippen LogP contribution >= 0.6 is 0 Å². The number of amides is 1. The number of anilines is 1.